The average molecular weight is 428 g/mol. The fourth-order valence-electron chi connectivity index (χ4n) is 2.80. The highest BCUT2D eigenvalue weighted by Crippen LogP contribution is 2.23. The van der Waals surface area contributed by atoms with Crippen molar-refractivity contribution in [1.82, 2.24) is 14.9 Å². The summed E-state index contributed by atoms with van der Waals surface area (Å²) in [5, 5.41) is 7.55. The maximum absolute atomic E-state index is 13.5. The Bertz CT molecular complexity index is 1110. The number of anilines is 1. The van der Waals surface area contributed by atoms with E-state index in [1.54, 1.807) is 23.7 Å². The zero-order valence-corrected chi connectivity index (χ0v) is 17.3. The van der Waals surface area contributed by atoms with Crippen LogP contribution in [0, 0.1) is 5.82 Å². The van der Waals surface area contributed by atoms with E-state index in [1.165, 1.54) is 41.8 Å². The van der Waals surface area contributed by atoms with Crippen LogP contribution >= 0.6 is 11.3 Å². The monoisotopic (exact) mass is 428 g/mol. The Morgan fingerprint density at radius 2 is 2.03 bits per heavy atom. The number of hydrogen-bond acceptors (Lipinski definition) is 5. The summed E-state index contributed by atoms with van der Waals surface area (Å²) in [7, 11) is 0. The van der Waals surface area contributed by atoms with E-state index in [0.29, 0.717) is 5.13 Å². The van der Waals surface area contributed by atoms with Crippen molar-refractivity contribution in [3.8, 4) is 0 Å². The first-order valence-electron chi connectivity index (χ1n) is 9.19. The molecule has 1 aromatic carbocycles. The van der Waals surface area contributed by atoms with Crippen LogP contribution in [0.4, 0.5) is 9.52 Å². The Hall–Kier alpha value is -3.33. The van der Waals surface area contributed by atoms with Crippen molar-refractivity contribution >= 4 is 28.3 Å². The van der Waals surface area contributed by atoms with Crippen LogP contribution in [0.5, 0.6) is 0 Å². The SMILES string of the molecule is CC(C)(CNC(=O)c1ccc(=O)n(CC(=O)Nc2nccs2)c1)c1cccc(F)c1. The van der Waals surface area contributed by atoms with Crippen LogP contribution in [0.2, 0.25) is 0 Å². The normalized spacial score (nSPS) is 11.2. The maximum Gasteiger partial charge on any atom is 0.252 e. The van der Waals surface area contributed by atoms with Crippen LogP contribution in [0.25, 0.3) is 0 Å². The molecular weight excluding hydrogens is 407 g/mol. The van der Waals surface area contributed by atoms with E-state index in [0.717, 1.165) is 10.1 Å². The summed E-state index contributed by atoms with van der Waals surface area (Å²) in [4.78, 5) is 40.7. The number of aromatic nitrogens is 2. The molecule has 9 heteroatoms. The minimum Gasteiger partial charge on any atom is -0.351 e. The first-order chi connectivity index (χ1) is 14.2. The standard InChI is InChI=1S/C21H21FN4O3S/c1-21(2,15-4-3-5-16(22)10-15)13-24-19(29)14-6-7-18(28)26(11-14)12-17(27)25-20-23-8-9-30-20/h3-11H,12-13H2,1-2H3,(H,24,29)(H,23,25,27). The van der Waals surface area contributed by atoms with E-state index in [4.69, 9.17) is 0 Å². The topological polar surface area (TPSA) is 93.1 Å². The number of benzene rings is 1. The number of halogens is 1. The quantitative estimate of drug-likeness (QED) is 0.605. The van der Waals surface area contributed by atoms with Gasteiger partial charge in [-0.15, -0.1) is 11.3 Å². The third-order valence-corrected chi connectivity index (χ3v) is 5.22. The Morgan fingerprint density at radius 1 is 1.23 bits per heavy atom. The molecule has 0 bridgehead atoms. The number of carbonyl (C=O) groups is 2. The van der Waals surface area contributed by atoms with E-state index in [1.807, 2.05) is 13.8 Å². The highest BCUT2D eigenvalue weighted by Gasteiger charge is 2.22. The van der Waals surface area contributed by atoms with E-state index < -0.39 is 22.8 Å². The van der Waals surface area contributed by atoms with Gasteiger partial charge >= 0.3 is 0 Å². The zero-order chi connectivity index (χ0) is 21.7. The van der Waals surface area contributed by atoms with Crippen molar-refractivity contribution in [1.29, 1.82) is 0 Å². The van der Waals surface area contributed by atoms with Gasteiger partial charge in [0, 0.05) is 35.8 Å². The van der Waals surface area contributed by atoms with E-state index in [2.05, 4.69) is 15.6 Å². The molecule has 3 aromatic rings. The molecule has 0 aliphatic heterocycles. The average Bonchev–Trinajstić information content (AvgIpc) is 3.20. The largest absolute Gasteiger partial charge is 0.351 e. The number of thiazole rings is 1. The molecule has 0 atom stereocenters. The third kappa shape index (κ3) is 5.38. The predicted molar refractivity (Wildman–Crippen MR) is 113 cm³/mol. The van der Waals surface area contributed by atoms with Gasteiger partial charge in [0.2, 0.25) is 5.91 Å². The van der Waals surface area contributed by atoms with Crippen molar-refractivity contribution < 1.29 is 14.0 Å². The lowest BCUT2D eigenvalue weighted by Gasteiger charge is -2.25. The van der Waals surface area contributed by atoms with E-state index in [9.17, 15) is 18.8 Å². The van der Waals surface area contributed by atoms with E-state index in [-0.39, 0.29) is 24.5 Å². The zero-order valence-electron chi connectivity index (χ0n) is 16.5. The Labute approximate surface area is 176 Å². The molecule has 7 nitrogen and oxygen atoms in total. The summed E-state index contributed by atoms with van der Waals surface area (Å²) in [5.74, 6) is -1.15. The lowest BCUT2D eigenvalue weighted by molar-refractivity contribution is -0.116. The van der Waals surface area contributed by atoms with Gasteiger partial charge in [-0.25, -0.2) is 9.37 Å². The number of pyridine rings is 1. The summed E-state index contributed by atoms with van der Waals surface area (Å²) in [6, 6.07) is 8.88. The second-order valence-electron chi connectivity index (χ2n) is 7.35. The van der Waals surface area contributed by atoms with Crippen LogP contribution in [0.1, 0.15) is 29.8 Å². The van der Waals surface area contributed by atoms with Crippen molar-refractivity contribution in [2.75, 3.05) is 11.9 Å². The van der Waals surface area contributed by atoms with Gasteiger partial charge < -0.3 is 15.2 Å². The van der Waals surface area contributed by atoms with Gasteiger partial charge in [-0.2, -0.15) is 0 Å². The van der Waals surface area contributed by atoms with Gasteiger partial charge in [-0.05, 0) is 23.8 Å². The molecule has 2 N–H and O–H groups in total. The molecule has 0 fully saturated rings. The van der Waals surface area contributed by atoms with Crippen molar-refractivity contribution in [2.24, 2.45) is 0 Å². The van der Waals surface area contributed by atoms with Crippen LogP contribution < -0.4 is 16.2 Å². The molecule has 0 saturated carbocycles. The summed E-state index contributed by atoms with van der Waals surface area (Å²) in [5.41, 5.74) is 0.0963. The number of carbonyl (C=O) groups excluding carboxylic acids is 2. The van der Waals surface area contributed by atoms with Crippen LogP contribution in [0.3, 0.4) is 0 Å². The second kappa shape index (κ2) is 9.00. The third-order valence-electron chi connectivity index (χ3n) is 4.54. The molecule has 156 valence electrons. The summed E-state index contributed by atoms with van der Waals surface area (Å²) < 4.78 is 14.7. The Balaban J connectivity index is 1.66. The highest BCUT2D eigenvalue weighted by atomic mass is 32.1. The molecule has 0 saturated heterocycles. The summed E-state index contributed by atoms with van der Waals surface area (Å²) >= 11 is 1.26. The molecule has 2 aromatic heterocycles. The molecule has 0 radical (unpaired) electrons. The number of nitrogens with one attached hydrogen (secondary N) is 2. The van der Waals surface area contributed by atoms with Crippen molar-refractivity contribution in [3.05, 3.63) is 81.5 Å². The number of amides is 2. The number of hydrogen-bond donors (Lipinski definition) is 2. The fourth-order valence-corrected chi connectivity index (χ4v) is 3.35. The Kier molecular flexibility index (Phi) is 6.41. The minimum atomic E-state index is -0.500. The predicted octanol–water partition coefficient (Wildman–Crippen LogP) is 2.79. The second-order valence-corrected chi connectivity index (χ2v) is 8.24. The van der Waals surface area contributed by atoms with Gasteiger partial charge in [0.05, 0.1) is 5.56 Å². The van der Waals surface area contributed by atoms with Crippen LogP contribution in [0.15, 0.2) is 59.0 Å². The number of rotatable bonds is 7. The first-order valence-corrected chi connectivity index (χ1v) is 10.1. The van der Waals surface area contributed by atoms with Crippen LogP contribution in [-0.2, 0) is 16.8 Å². The highest BCUT2D eigenvalue weighted by molar-refractivity contribution is 7.13. The van der Waals surface area contributed by atoms with Crippen LogP contribution in [-0.4, -0.2) is 27.9 Å². The molecule has 2 heterocycles. The summed E-state index contributed by atoms with van der Waals surface area (Å²) in [6.45, 7) is 3.81. The van der Waals surface area contributed by atoms with Crippen molar-refractivity contribution in [3.63, 3.8) is 0 Å². The molecule has 0 aliphatic rings. The van der Waals surface area contributed by atoms with Gasteiger partial charge in [-0.1, -0.05) is 26.0 Å². The molecule has 2 amide bonds. The molecule has 0 unspecified atom stereocenters. The fraction of sp³-hybridized carbons (Fsp3) is 0.238. The Morgan fingerprint density at radius 3 is 2.73 bits per heavy atom. The van der Waals surface area contributed by atoms with Gasteiger partial charge in [-0.3, -0.25) is 14.4 Å². The van der Waals surface area contributed by atoms with Crippen molar-refractivity contribution in [2.45, 2.75) is 25.8 Å². The lowest BCUT2D eigenvalue weighted by atomic mass is 9.84. The number of nitrogens with zero attached hydrogens (tertiary/aromatic N) is 2. The van der Waals surface area contributed by atoms with Gasteiger partial charge in [0.1, 0.15) is 12.4 Å². The minimum absolute atomic E-state index is 0.242. The molecule has 0 spiro atoms. The molecule has 3 rings (SSSR count). The molecular formula is C21H21FN4O3S. The summed E-state index contributed by atoms with van der Waals surface area (Å²) in [6.07, 6.45) is 2.90. The van der Waals surface area contributed by atoms with E-state index >= 15 is 0 Å². The lowest BCUT2D eigenvalue weighted by Crippen LogP contribution is -2.37. The first kappa shape index (κ1) is 21.4. The molecule has 30 heavy (non-hydrogen) atoms. The molecule has 0 aliphatic carbocycles. The maximum atomic E-state index is 13.5. The smallest absolute Gasteiger partial charge is 0.252 e. The van der Waals surface area contributed by atoms with Gasteiger partial charge in [0.15, 0.2) is 5.13 Å². The van der Waals surface area contributed by atoms with Gasteiger partial charge in [0.25, 0.3) is 11.5 Å².